The second-order valence-electron chi connectivity index (χ2n) is 5.33. The van der Waals surface area contributed by atoms with E-state index in [2.05, 4.69) is 21.9 Å². The summed E-state index contributed by atoms with van der Waals surface area (Å²) in [5.74, 6) is 0.191. The van der Waals surface area contributed by atoms with E-state index in [1.165, 1.54) is 6.42 Å². The van der Waals surface area contributed by atoms with Gasteiger partial charge in [-0.1, -0.05) is 6.92 Å². The van der Waals surface area contributed by atoms with Gasteiger partial charge >= 0.3 is 0 Å². The van der Waals surface area contributed by atoms with Crippen molar-refractivity contribution >= 4 is 10.0 Å². The zero-order valence-electron chi connectivity index (χ0n) is 11.2. The maximum Gasteiger partial charge on any atom is 0.213 e. The Balaban J connectivity index is 1.77. The van der Waals surface area contributed by atoms with Crippen LogP contribution in [0.15, 0.2) is 0 Å². The molecule has 0 aromatic carbocycles. The van der Waals surface area contributed by atoms with E-state index >= 15 is 0 Å². The summed E-state index contributed by atoms with van der Waals surface area (Å²) in [6.45, 7) is 5.69. The highest BCUT2D eigenvalue weighted by Crippen LogP contribution is 2.28. The molecule has 0 aromatic rings. The minimum Gasteiger partial charge on any atom is -0.316 e. The van der Waals surface area contributed by atoms with Crippen molar-refractivity contribution in [1.82, 2.24) is 14.9 Å². The summed E-state index contributed by atoms with van der Waals surface area (Å²) < 4.78 is 26.8. The smallest absolute Gasteiger partial charge is 0.213 e. The van der Waals surface area contributed by atoms with E-state index in [0.717, 1.165) is 38.9 Å². The van der Waals surface area contributed by atoms with Crippen LogP contribution in [0.4, 0.5) is 0 Å². The van der Waals surface area contributed by atoms with Crippen LogP contribution in [0.25, 0.3) is 0 Å². The van der Waals surface area contributed by atoms with Crippen LogP contribution in [0, 0.1) is 0 Å². The Morgan fingerprint density at radius 3 is 2.83 bits per heavy atom. The van der Waals surface area contributed by atoms with Crippen LogP contribution in [-0.4, -0.2) is 57.3 Å². The third-order valence-corrected chi connectivity index (χ3v) is 5.31. The molecule has 5 nitrogen and oxygen atoms in total. The van der Waals surface area contributed by atoms with Crippen molar-refractivity contribution in [3.63, 3.8) is 0 Å². The summed E-state index contributed by atoms with van der Waals surface area (Å²) >= 11 is 0. The topological polar surface area (TPSA) is 61.4 Å². The molecule has 2 heterocycles. The Hall–Kier alpha value is -0.170. The Labute approximate surface area is 110 Å². The van der Waals surface area contributed by atoms with E-state index in [9.17, 15) is 8.42 Å². The van der Waals surface area contributed by atoms with Gasteiger partial charge in [-0.2, -0.15) is 0 Å². The number of hydrogen-bond acceptors (Lipinski definition) is 4. The SMILES string of the molecule is CCCNCCS(=O)(=O)NC1CCN2CCCC12. The maximum absolute atomic E-state index is 12.0. The normalized spacial score (nSPS) is 28.7. The van der Waals surface area contributed by atoms with Crippen molar-refractivity contribution in [1.29, 1.82) is 0 Å². The molecule has 2 aliphatic rings. The first-order valence-electron chi connectivity index (χ1n) is 7.07. The van der Waals surface area contributed by atoms with E-state index in [1.54, 1.807) is 0 Å². The van der Waals surface area contributed by atoms with Gasteiger partial charge in [0.1, 0.15) is 0 Å². The van der Waals surface area contributed by atoms with E-state index in [0.29, 0.717) is 12.6 Å². The molecule has 2 fully saturated rings. The minimum absolute atomic E-state index is 0.142. The first kappa shape index (κ1) is 14.2. The lowest BCUT2D eigenvalue weighted by Gasteiger charge is -2.21. The van der Waals surface area contributed by atoms with Gasteiger partial charge in [0, 0.05) is 25.2 Å². The molecular weight excluding hydrogens is 250 g/mol. The van der Waals surface area contributed by atoms with Crippen LogP contribution in [0.5, 0.6) is 0 Å². The number of nitrogens with zero attached hydrogens (tertiary/aromatic N) is 1. The summed E-state index contributed by atoms with van der Waals surface area (Å²) in [5, 5.41) is 3.13. The highest BCUT2D eigenvalue weighted by Gasteiger charge is 2.38. The van der Waals surface area contributed by atoms with Crippen molar-refractivity contribution in [3.05, 3.63) is 0 Å². The molecule has 0 amide bonds. The number of fused-ring (bicyclic) bond motifs is 1. The van der Waals surface area contributed by atoms with E-state index < -0.39 is 10.0 Å². The monoisotopic (exact) mass is 275 g/mol. The van der Waals surface area contributed by atoms with Crippen molar-refractivity contribution in [2.75, 3.05) is 31.9 Å². The quantitative estimate of drug-likeness (QED) is 0.649. The summed E-state index contributed by atoms with van der Waals surface area (Å²) in [6.07, 6.45) is 4.35. The van der Waals surface area contributed by atoms with Gasteiger partial charge in [0.2, 0.25) is 10.0 Å². The number of sulfonamides is 1. The van der Waals surface area contributed by atoms with E-state index in [-0.39, 0.29) is 11.8 Å². The fraction of sp³-hybridized carbons (Fsp3) is 1.00. The van der Waals surface area contributed by atoms with Gasteiger partial charge in [-0.25, -0.2) is 13.1 Å². The molecule has 18 heavy (non-hydrogen) atoms. The van der Waals surface area contributed by atoms with Gasteiger partial charge in [0.25, 0.3) is 0 Å². The number of hydrogen-bond donors (Lipinski definition) is 2. The zero-order valence-corrected chi connectivity index (χ0v) is 12.0. The highest BCUT2D eigenvalue weighted by molar-refractivity contribution is 7.89. The molecule has 0 aliphatic carbocycles. The third kappa shape index (κ3) is 3.66. The Kier molecular flexibility index (Phi) is 5.00. The average molecular weight is 275 g/mol. The van der Waals surface area contributed by atoms with Gasteiger partial charge in [0.05, 0.1) is 5.75 Å². The van der Waals surface area contributed by atoms with Gasteiger partial charge in [-0.15, -0.1) is 0 Å². The molecule has 0 saturated carbocycles. The maximum atomic E-state index is 12.0. The highest BCUT2D eigenvalue weighted by atomic mass is 32.2. The first-order chi connectivity index (χ1) is 8.62. The van der Waals surface area contributed by atoms with E-state index in [1.807, 2.05) is 0 Å². The van der Waals surface area contributed by atoms with Gasteiger partial charge in [-0.05, 0) is 38.8 Å². The second-order valence-corrected chi connectivity index (χ2v) is 7.20. The predicted octanol–water partition coefficient (Wildman–Crippen LogP) is 0.142. The van der Waals surface area contributed by atoms with Gasteiger partial charge in [-0.3, -0.25) is 4.90 Å². The fourth-order valence-corrected chi connectivity index (χ4v) is 4.28. The molecule has 6 heteroatoms. The molecule has 2 N–H and O–H groups in total. The lowest BCUT2D eigenvalue weighted by molar-refractivity contribution is 0.309. The first-order valence-corrected chi connectivity index (χ1v) is 8.72. The van der Waals surface area contributed by atoms with Crippen LogP contribution in [0.3, 0.4) is 0 Å². The largest absolute Gasteiger partial charge is 0.316 e. The lowest BCUT2D eigenvalue weighted by Crippen LogP contribution is -2.44. The molecule has 2 unspecified atom stereocenters. The minimum atomic E-state index is -3.12. The Morgan fingerprint density at radius 1 is 1.22 bits per heavy atom. The molecule has 2 atom stereocenters. The Morgan fingerprint density at radius 2 is 2.06 bits per heavy atom. The number of rotatable bonds is 7. The van der Waals surface area contributed by atoms with Crippen LogP contribution in [0.2, 0.25) is 0 Å². The van der Waals surface area contributed by atoms with Gasteiger partial charge < -0.3 is 5.32 Å². The predicted molar refractivity (Wildman–Crippen MR) is 73.1 cm³/mol. The molecule has 0 spiro atoms. The van der Waals surface area contributed by atoms with Crippen LogP contribution in [0.1, 0.15) is 32.6 Å². The van der Waals surface area contributed by atoms with Crippen LogP contribution in [-0.2, 0) is 10.0 Å². The molecular formula is C12H25N3O2S. The number of nitrogens with one attached hydrogen (secondary N) is 2. The molecule has 2 saturated heterocycles. The van der Waals surface area contributed by atoms with Crippen molar-refractivity contribution in [2.24, 2.45) is 0 Å². The fourth-order valence-electron chi connectivity index (χ4n) is 3.02. The van der Waals surface area contributed by atoms with E-state index in [4.69, 9.17) is 0 Å². The molecule has 0 radical (unpaired) electrons. The standard InChI is InChI=1S/C12H25N3O2S/c1-2-6-13-7-10-18(16,17)14-11-5-9-15-8-3-4-12(11)15/h11-14H,2-10H2,1H3. The van der Waals surface area contributed by atoms with Crippen molar-refractivity contribution < 1.29 is 8.42 Å². The summed E-state index contributed by atoms with van der Waals surface area (Å²) in [7, 11) is -3.12. The zero-order chi connectivity index (χ0) is 13.0. The second kappa shape index (κ2) is 6.32. The van der Waals surface area contributed by atoms with Gasteiger partial charge in [0.15, 0.2) is 0 Å². The van der Waals surface area contributed by atoms with Crippen molar-refractivity contribution in [2.45, 2.75) is 44.7 Å². The van der Waals surface area contributed by atoms with Crippen LogP contribution >= 0.6 is 0 Å². The summed E-state index contributed by atoms with van der Waals surface area (Å²) in [5.41, 5.74) is 0. The van der Waals surface area contributed by atoms with Crippen LogP contribution < -0.4 is 10.0 Å². The Bertz CT molecular complexity index is 358. The molecule has 0 aromatic heterocycles. The molecule has 106 valence electrons. The molecule has 2 rings (SSSR count). The summed E-state index contributed by atoms with van der Waals surface area (Å²) in [4.78, 5) is 2.42. The molecule has 2 aliphatic heterocycles. The summed E-state index contributed by atoms with van der Waals surface area (Å²) in [6, 6.07) is 0.590. The lowest BCUT2D eigenvalue weighted by atomic mass is 10.1. The third-order valence-electron chi connectivity index (χ3n) is 3.91. The molecule has 0 bridgehead atoms. The average Bonchev–Trinajstić information content (AvgIpc) is 2.89. The van der Waals surface area contributed by atoms with Crippen molar-refractivity contribution in [3.8, 4) is 0 Å².